The van der Waals surface area contributed by atoms with Crippen molar-refractivity contribution in [3.8, 4) is 0 Å². The van der Waals surface area contributed by atoms with Crippen LogP contribution in [0.15, 0.2) is 60.8 Å². The summed E-state index contributed by atoms with van der Waals surface area (Å²) in [6.07, 6.45) is 63.5. The van der Waals surface area contributed by atoms with Crippen LogP contribution in [0.5, 0.6) is 0 Å². The number of esters is 3. The van der Waals surface area contributed by atoms with Gasteiger partial charge in [0.05, 0.1) is 0 Å². The molecule has 0 saturated heterocycles. The van der Waals surface area contributed by atoms with E-state index < -0.39 is 6.10 Å². The molecule has 1 unspecified atom stereocenters. The molecule has 0 aromatic rings. The number of carbonyl (C=O) groups is 3. The molecule has 0 spiro atoms. The van der Waals surface area contributed by atoms with Crippen LogP contribution < -0.4 is 0 Å². The minimum absolute atomic E-state index is 0.0893. The van der Waals surface area contributed by atoms with Crippen LogP contribution in [0.25, 0.3) is 0 Å². The number of allylic oxidation sites excluding steroid dienone is 10. The summed E-state index contributed by atoms with van der Waals surface area (Å²) >= 11 is 0. The number of carbonyl (C=O) groups excluding carboxylic acids is 3. The number of ether oxygens (including phenoxy) is 3. The summed E-state index contributed by atoms with van der Waals surface area (Å²) in [7, 11) is 0. The van der Waals surface area contributed by atoms with Crippen molar-refractivity contribution in [2.45, 2.75) is 271 Å². The predicted octanol–water partition coefficient (Wildman–Crippen LogP) is 17.6. The molecule has 0 amide bonds. The van der Waals surface area contributed by atoms with Gasteiger partial charge in [0.1, 0.15) is 13.2 Å². The van der Waals surface area contributed by atoms with Crippen molar-refractivity contribution in [3.05, 3.63) is 60.8 Å². The molecule has 0 aromatic heterocycles. The Morgan fingerprint density at radius 1 is 0.333 bits per heavy atom. The van der Waals surface area contributed by atoms with Gasteiger partial charge in [0, 0.05) is 19.3 Å². The Balaban J connectivity index is 4.40. The maximum Gasteiger partial charge on any atom is 0.306 e. The molecule has 0 aromatic carbocycles. The van der Waals surface area contributed by atoms with Crippen LogP contribution in [-0.4, -0.2) is 37.2 Å². The van der Waals surface area contributed by atoms with Crippen molar-refractivity contribution in [1.29, 1.82) is 0 Å². The monoisotopic (exact) mass is 881 g/mol. The van der Waals surface area contributed by atoms with Crippen molar-refractivity contribution >= 4 is 17.9 Å². The van der Waals surface area contributed by atoms with Crippen molar-refractivity contribution in [1.82, 2.24) is 0 Å². The lowest BCUT2D eigenvalue weighted by Crippen LogP contribution is -2.30. The first-order chi connectivity index (χ1) is 31.0. The second kappa shape index (κ2) is 51.7. The molecule has 0 aliphatic carbocycles. The molecule has 6 heteroatoms. The fourth-order valence-corrected chi connectivity index (χ4v) is 7.57. The first-order valence-corrected chi connectivity index (χ1v) is 26.8. The summed E-state index contributed by atoms with van der Waals surface area (Å²) in [5.74, 6) is -0.929. The Labute approximate surface area is 390 Å². The van der Waals surface area contributed by atoms with Gasteiger partial charge in [0.15, 0.2) is 6.10 Å². The third-order valence-corrected chi connectivity index (χ3v) is 11.6. The van der Waals surface area contributed by atoms with Crippen LogP contribution in [0, 0.1) is 0 Å². The fourth-order valence-electron chi connectivity index (χ4n) is 7.57. The Kier molecular flexibility index (Phi) is 49.4. The molecule has 1 atom stereocenters. The first kappa shape index (κ1) is 60.1. The average molecular weight is 881 g/mol. The van der Waals surface area contributed by atoms with Gasteiger partial charge in [0.2, 0.25) is 0 Å². The van der Waals surface area contributed by atoms with Gasteiger partial charge >= 0.3 is 17.9 Å². The van der Waals surface area contributed by atoms with Crippen LogP contribution in [0.3, 0.4) is 0 Å². The van der Waals surface area contributed by atoms with E-state index in [2.05, 4.69) is 51.2 Å². The van der Waals surface area contributed by atoms with E-state index in [1.807, 2.05) is 30.4 Å². The molecule has 0 aliphatic heterocycles. The molecule has 0 heterocycles. The zero-order chi connectivity index (χ0) is 45.8. The largest absolute Gasteiger partial charge is 0.462 e. The van der Waals surface area contributed by atoms with Crippen LogP contribution >= 0.6 is 0 Å². The average Bonchev–Trinajstić information content (AvgIpc) is 3.28. The van der Waals surface area contributed by atoms with E-state index in [1.54, 1.807) is 0 Å². The molecule has 0 bridgehead atoms. The maximum atomic E-state index is 12.8. The van der Waals surface area contributed by atoms with Gasteiger partial charge in [-0.15, -0.1) is 0 Å². The summed E-state index contributed by atoms with van der Waals surface area (Å²) in [5, 5.41) is 0. The van der Waals surface area contributed by atoms with E-state index in [4.69, 9.17) is 14.2 Å². The molecule has 0 aliphatic rings. The summed E-state index contributed by atoms with van der Waals surface area (Å²) in [5.41, 5.74) is 0. The van der Waals surface area contributed by atoms with Crippen molar-refractivity contribution in [2.24, 2.45) is 0 Å². The Hall–Kier alpha value is -2.89. The van der Waals surface area contributed by atoms with E-state index in [0.29, 0.717) is 19.3 Å². The second-order valence-electron chi connectivity index (χ2n) is 17.9. The Morgan fingerprint density at radius 3 is 1.03 bits per heavy atom. The highest BCUT2D eigenvalue weighted by atomic mass is 16.6. The molecule has 0 fully saturated rings. The van der Waals surface area contributed by atoms with E-state index in [9.17, 15) is 14.4 Å². The third kappa shape index (κ3) is 50.0. The molecule has 364 valence electrons. The van der Waals surface area contributed by atoms with Crippen LogP contribution in [0.1, 0.15) is 265 Å². The van der Waals surface area contributed by atoms with E-state index in [1.165, 1.54) is 148 Å². The highest BCUT2D eigenvalue weighted by Gasteiger charge is 2.19. The number of rotatable bonds is 48. The molecule has 6 nitrogen and oxygen atoms in total. The fraction of sp³-hybridized carbons (Fsp3) is 0.772. The number of hydrogen-bond donors (Lipinski definition) is 0. The molecule has 63 heavy (non-hydrogen) atoms. The molecule has 0 rings (SSSR count). The number of hydrogen-bond acceptors (Lipinski definition) is 6. The Morgan fingerprint density at radius 2 is 0.635 bits per heavy atom. The summed E-state index contributed by atoms with van der Waals surface area (Å²) in [4.78, 5) is 38.0. The van der Waals surface area contributed by atoms with Crippen molar-refractivity contribution < 1.29 is 28.6 Å². The van der Waals surface area contributed by atoms with E-state index >= 15 is 0 Å². The normalized spacial score (nSPS) is 12.5. The summed E-state index contributed by atoms with van der Waals surface area (Å²) in [6, 6.07) is 0. The van der Waals surface area contributed by atoms with Gasteiger partial charge in [-0.05, 0) is 64.2 Å². The number of unbranched alkanes of at least 4 members (excludes halogenated alkanes) is 30. The van der Waals surface area contributed by atoms with E-state index in [-0.39, 0.29) is 31.1 Å². The second-order valence-corrected chi connectivity index (χ2v) is 17.9. The van der Waals surface area contributed by atoms with Crippen molar-refractivity contribution in [2.75, 3.05) is 13.2 Å². The standard InChI is InChI=1S/C57H100O6/c1-4-7-10-13-16-19-22-25-27-28-29-30-33-35-38-41-44-47-50-56(59)62-53-54(52-61-55(58)49-46-43-40-37-34-31-24-21-18-15-12-9-6-3)63-57(60)51-48-45-42-39-36-32-26-23-20-17-14-11-8-5-2/h9,12,15,18,21,24,29-31,34,54H,4-8,10-11,13-14,16-17,19-20,22-23,25-28,32-33,35-53H2,1-3H3/b12-9-,18-15-,24-21-,30-29-,34-31-. The first-order valence-electron chi connectivity index (χ1n) is 26.8. The maximum absolute atomic E-state index is 12.8. The predicted molar refractivity (Wildman–Crippen MR) is 270 cm³/mol. The topological polar surface area (TPSA) is 78.9 Å². The molecule has 0 N–H and O–H groups in total. The third-order valence-electron chi connectivity index (χ3n) is 11.6. The van der Waals surface area contributed by atoms with Gasteiger partial charge < -0.3 is 14.2 Å². The minimum Gasteiger partial charge on any atom is -0.462 e. The Bertz CT molecular complexity index is 1150. The lowest BCUT2D eigenvalue weighted by molar-refractivity contribution is -0.167. The van der Waals surface area contributed by atoms with Gasteiger partial charge in [-0.25, -0.2) is 0 Å². The van der Waals surface area contributed by atoms with Crippen LogP contribution in [0.2, 0.25) is 0 Å². The zero-order valence-corrected chi connectivity index (χ0v) is 41.6. The van der Waals surface area contributed by atoms with Gasteiger partial charge in [-0.1, -0.05) is 242 Å². The smallest absolute Gasteiger partial charge is 0.306 e. The SMILES string of the molecule is CC\C=C/C=C\C=C/C=C\CCCCCC(=O)OCC(COC(=O)CCCCCCC/C=C\CCCCCCCCCCC)OC(=O)CCCCCCCCCCCCCCCC. The van der Waals surface area contributed by atoms with Gasteiger partial charge in [-0.3, -0.25) is 14.4 Å². The lowest BCUT2D eigenvalue weighted by Gasteiger charge is -2.18. The molecule has 0 saturated carbocycles. The quantitative estimate of drug-likeness (QED) is 0.0199. The highest BCUT2D eigenvalue weighted by molar-refractivity contribution is 5.71. The van der Waals surface area contributed by atoms with Gasteiger partial charge in [0.25, 0.3) is 0 Å². The summed E-state index contributed by atoms with van der Waals surface area (Å²) < 4.78 is 16.8. The van der Waals surface area contributed by atoms with Crippen LogP contribution in [0.4, 0.5) is 0 Å². The van der Waals surface area contributed by atoms with E-state index in [0.717, 1.165) is 77.0 Å². The molecular weight excluding hydrogens is 781 g/mol. The lowest BCUT2D eigenvalue weighted by atomic mass is 10.0. The minimum atomic E-state index is -0.791. The highest BCUT2D eigenvalue weighted by Crippen LogP contribution is 2.15. The summed E-state index contributed by atoms with van der Waals surface area (Å²) in [6.45, 7) is 6.47. The zero-order valence-electron chi connectivity index (χ0n) is 41.6. The molecule has 0 radical (unpaired) electrons. The van der Waals surface area contributed by atoms with Crippen molar-refractivity contribution in [3.63, 3.8) is 0 Å². The van der Waals surface area contributed by atoms with Gasteiger partial charge in [-0.2, -0.15) is 0 Å². The van der Waals surface area contributed by atoms with Crippen LogP contribution in [-0.2, 0) is 28.6 Å². The molecular formula is C57H100O6.